The van der Waals surface area contributed by atoms with Crippen molar-refractivity contribution in [2.24, 2.45) is 12.5 Å². The van der Waals surface area contributed by atoms with Crippen LogP contribution in [0.25, 0.3) is 0 Å². The van der Waals surface area contributed by atoms with Crippen LogP contribution in [0.3, 0.4) is 0 Å². The molecule has 23 heavy (non-hydrogen) atoms. The first-order chi connectivity index (χ1) is 11.2. The Kier molecular flexibility index (Phi) is 5.05. The normalized spacial score (nSPS) is 26.0. The molecule has 1 spiro atoms. The predicted molar refractivity (Wildman–Crippen MR) is 89.0 cm³/mol. The van der Waals surface area contributed by atoms with Gasteiger partial charge in [0, 0.05) is 43.4 Å². The zero-order valence-electron chi connectivity index (χ0n) is 14.4. The Hall–Kier alpha value is -1.36. The van der Waals surface area contributed by atoms with Crippen LogP contribution >= 0.6 is 0 Å². The van der Waals surface area contributed by atoms with Gasteiger partial charge in [-0.2, -0.15) is 5.10 Å². The molecule has 0 bridgehead atoms. The van der Waals surface area contributed by atoms with Crippen molar-refractivity contribution >= 4 is 5.91 Å². The van der Waals surface area contributed by atoms with E-state index in [4.69, 9.17) is 4.74 Å². The summed E-state index contributed by atoms with van der Waals surface area (Å²) in [5, 5.41) is 7.45. The van der Waals surface area contributed by atoms with E-state index >= 15 is 0 Å². The van der Waals surface area contributed by atoms with Gasteiger partial charge in [-0.15, -0.1) is 0 Å². The maximum Gasteiger partial charge on any atom is 0.220 e. The van der Waals surface area contributed by atoms with Gasteiger partial charge in [-0.25, -0.2) is 0 Å². The number of amides is 1. The molecule has 128 valence electrons. The Morgan fingerprint density at radius 1 is 1.43 bits per heavy atom. The van der Waals surface area contributed by atoms with Crippen molar-refractivity contribution in [1.82, 2.24) is 15.1 Å². The molecule has 2 saturated carbocycles. The van der Waals surface area contributed by atoms with E-state index < -0.39 is 0 Å². The zero-order valence-corrected chi connectivity index (χ0v) is 14.4. The van der Waals surface area contributed by atoms with E-state index in [1.165, 1.54) is 32.1 Å². The first-order valence-electron chi connectivity index (χ1n) is 9.03. The lowest BCUT2D eigenvalue weighted by molar-refractivity contribution is -0.157. The minimum absolute atomic E-state index is 0.163. The number of ether oxygens (including phenoxy) is 1. The Morgan fingerprint density at radius 2 is 2.22 bits per heavy atom. The minimum Gasteiger partial charge on any atom is -0.378 e. The standard InChI is InChI=1S/C18H29N3O2/c1-3-23-16-13-15(18(16)10-5-4-6-11-18)20-17(22)8-7-14-9-12-19-21(14)2/h9,12,15-16H,3-8,10-11,13H2,1-2H3,(H,20,22)/t15-,16-/m1/s1. The van der Waals surface area contributed by atoms with Crippen LogP contribution in [0.1, 0.15) is 57.6 Å². The monoisotopic (exact) mass is 319 g/mol. The van der Waals surface area contributed by atoms with Gasteiger partial charge in [-0.1, -0.05) is 19.3 Å². The number of hydrogen-bond acceptors (Lipinski definition) is 3. The van der Waals surface area contributed by atoms with Crippen LogP contribution in [-0.2, 0) is 23.0 Å². The maximum atomic E-state index is 12.4. The fraction of sp³-hybridized carbons (Fsp3) is 0.778. The lowest BCUT2D eigenvalue weighted by atomic mass is 9.55. The number of rotatable bonds is 6. The van der Waals surface area contributed by atoms with Crippen LogP contribution in [0.15, 0.2) is 12.3 Å². The zero-order chi connectivity index (χ0) is 16.3. The SMILES string of the molecule is CCO[C@@H]1C[C@@H](NC(=O)CCc2ccnn2C)C12CCCCC2. The molecule has 1 aromatic heterocycles. The summed E-state index contributed by atoms with van der Waals surface area (Å²) in [6, 6.07) is 2.28. The Bertz CT molecular complexity index is 534. The van der Waals surface area contributed by atoms with Gasteiger partial charge in [-0.05, 0) is 38.7 Å². The average molecular weight is 319 g/mol. The quantitative estimate of drug-likeness (QED) is 0.877. The molecule has 5 heteroatoms. The maximum absolute atomic E-state index is 12.4. The lowest BCUT2D eigenvalue weighted by Gasteiger charge is -2.57. The molecule has 0 unspecified atom stereocenters. The van der Waals surface area contributed by atoms with Gasteiger partial charge in [0.1, 0.15) is 0 Å². The number of aromatic nitrogens is 2. The number of nitrogens with zero attached hydrogens (tertiary/aromatic N) is 2. The molecule has 2 atom stereocenters. The van der Waals surface area contributed by atoms with E-state index in [9.17, 15) is 4.79 Å². The molecule has 1 heterocycles. The fourth-order valence-corrected chi connectivity index (χ4v) is 4.42. The van der Waals surface area contributed by atoms with Crippen LogP contribution < -0.4 is 5.32 Å². The molecule has 0 radical (unpaired) electrons. The van der Waals surface area contributed by atoms with Crippen molar-refractivity contribution in [3.05, 3.63) is 18.0 Å². The molecular weight excluding hydrogens is 290 g/mol. The molecule has 2 aliphatic carbocycles. The number of aryl methyl sites for hydroxylation is 2. The molecule has 1 N–H and O–H groups in total. The summed E-state index contributed by atoms with van der Waals surface area (Å²) in [7, 11) is 1.92. The highest BCUT2D eigenvalue weighted by Gasteiger charge is 2.55. The Morgan fingerprint density at radius 3 is 2.87 bits per heavy atom. The smallest absolute Gasteiger partial charge is 0.220 e. The van der Waals surface area contributed by atoms with Crippen molar-refractivity contribution < 1.29 is 9.53 Å². The predicted octanol–water partition coefficient (Wildman–Crippen LogP) is 2.60. The third-order valence-electron chi connectivity index (χ3n) is 5.80. The topological polar surface area (TPSA) is 56.1 Å². The van der Waals surface area contributed by atoms with Crippen LogP contribution in [0.2, 0.25) is 0 Å². The first-order valence-corrected chi connectivity index (χ1v) is 9.03. The molecule has 3 rings (SSSR count). The molecule has 0 aromatic carbocycles. The third kappa shape index (κ3) is 3.30. The van der Waals surface area contributed by atoms with Gasteiger partial charge in [0.15, 0.2) is 0 Å². The third-order valence-corrected chi connectivity index (χ3v) is 5.80. The van der Waals surface area contributed by atoms with Crippen molar-refractivity contribution in [2.75, 3.05) is 6.61 Å². The van der Waals surface area contributed by atoms with Crippen LogP contribution in [0.5, 0.6) is 0 Å². The molecule has 2 fully saturated rings. The number of carbonyl (C=O) groups excluding carboxylic acids is 1. The van der Waals surface area contributed by atoms with Gasteiger partial charge < -0.3 is 10.1 Å². The molecule has 1 amide bonds. The van der Waals surface area contributed by atoms with Crippen molar-refractivity contribution in [1.29, 1.82) is 0 Å². The summed E-state index contributed by atoms with van der Waals surface area (Å²) in [5.41, 5.74) is 1.31. The van der Waals surface area contributed by atoms with Crippen LogP contribution in [-0.4, -0.2) is 34.4 Å². The van der Waals surface area contributed by atoms with Gasteiger partial charge in [0.05, 0.1) is 6.10 Å². The van der Waals surface area contributed by atoms with Gasteiger partial charge >= 0.3 is 0 Å². The molecule has 2 aliphatic rings. The molecular formula is C18H29N3O2. The molecule has 5 nitrogen and oxygen atoms in total. The van der Waals surface area contributed by atoms with E-state index in [2.05, 4.69) is 17.3 Å². The van der Waals surface area contributed by atoms with Gasteiger partial charge in [0.2, 0.25) is 5.91 Å². The average Bonchev–Trinajstić information content (AvgIpc) is 2.98. The number of nitrogens with one attached hydrogen (secondary N) is 1. The summed E-state index contributed by atoms with van der Waals surface area (Å²) in [6.45, 7) is 2.84. The van der Waals surface area contributed by atoms with E-state index in [0.717, 1.165) is 25.1 Å². The van der Waals surface area contributed by atoms with Crippen molar-refractivity contribution in [3.8, 4) is 0 Å². The highest BCUT2D eigenvalue weighted by molar-refractivity contribution is 5.76. The second kappa shape index (κ2) is 7.04. The van der Waals surface area contributed by atoms with E-state index in [-0.39, 0.29) is 11.3 Å². The van der Waals surface area contributed by atoms with Crippen molar-refractivity contribution in [3.63, 3.8) is 0 Å². The number of hydrogen-bond donors (Lipinski definition) is 1. The fourth-order valence-electron chi connectivity index (χ4n) is 4.42. The van der Waals surface area contributed by atoms with Gasteiger partial charge in [-0.3, -0.25) is 9.48 Å². The van der Waals surface area contributed by atoms with E-state index in [0.29, 0.717) is 18.6 Å². The second-order valence-electron chi connectivity index (χ2n) is 7.04. The molecule has 1 aromatic rings. The number of carbonyl (C=O) groups is 1. The summed E-state index contributed by atoms with van der Waals surface area (Å²) < 4.78 is 7.79. The Labute approximate surface area is 138 Å². The van der Waals surface area contributed by atoms with Crippen LogP contribution in [0, 0.1) is 5.41 Å². The van der Waals surface area contributed by atoms with Gasteiger partial charge in [0.25, 0.3) is 0 Å². The first kappa shape index (κ1) is 16.5. The minimum atomic E-state index is 0.163. The summed E-state index contributed by atoms with van der Waals surface area (Å²) in [5.74, 6) is 0.163. The highest BCUT2D eigenvalue weighted by atomic mass is 16.5. The lowest BCUT2D eigenvalue weighted by Crippen LogP contribution is -2.65. The van der Waals surface area contributed by atoms with Crippen molar-refractivity contribution in [2.45, 2.75) is 70.4 Å². The van der Waals surface area contributed by atoms with Crippen LogP contribution in [0.4, 0.5) is 0 Å². The molecule has 0 saturated heterocycles. The highest BCUT2D eigenvalue weighted by Crippen LogP contribution is 2.53. The molecule has 0 aliphatic heterocycles. The second-order valence-corrected chi connectivity index (χ2v) is 7.04. The Balaban J connectivity index is 1.54. The summed E-state index contributed by atoms with van der Waals surface area (Å²) >= 11 is 0. The van der Waals surface area contributed by atoms with E-state index in [1.54, 1.807) is 6.20 Å². The summed E-state index contributed by atoms with van der Waals surface area (Å²) in [6.07, 6.45) is 10.6. The van der Waals surface area contributed by atoms with E-state index in [1.807, 2.05) is 17.8 Å². The largest absolute Gasteiger partial charge is 0.378 e. The summed E-state index contributed by atoms with van der Waals surface area (Å²) in [4.78, 5) is 12.4.